The molecule has 31 heavy (non-hydrogen) atoms. The fraction of sp³-hybridized carbons (Fsp3) is 0.545. The van der Waals surface area contributed by atoms with Gasteiger partial charge in [-0.25, -0.2) is 13.9 Å². The van der Waals surface area contributed by atoms with Crippen LogP contribution in [0.3, 0.4) is 0 Å². The van der Waals surface area contributed by atoms with Crippen LogP contribution in [0, 0.1) is 5.82 Å². The molecule has 9 heteroatoms. The number of halogens is 1. The molecule has 1 aromatic heterocycles. The Bertz CT molecular complexity index is 910. The van der Waals surface area contributed by atoms with E-state index in [2.05, 4.69) is 20.5 Å². The van der Waals surface area contributed by atoms with Crippen molar-refractivity contribution in [2.75, 3.05) is 20.2 Å². The van der Waals surface area contributed by atoms with E-state index in [0.29, 0.717) is 32.0 Å². The number of nitrogens with one attached hydrogen (secondary N) is 1. The second-order valence-corrected chi connectivity index (χ2v) is 8.28. The fourth-order valence-electron chi connectivity index (χ4n) is 4.68. The largest absolute Gasteiger partial charge is 0.464 e. The number of nitrogens with zero attached hydrogens (tertiary/aromatic N) is 4. The molecule has 1 aromatic carbocycles. The number of hydrogen-bond donors (Lipinski definition) is 1. The molecule has 2 atom stereocenters. The van der Waals surface area contributed by atoms with Gasteiger partial charge >= 0.3 is 5.97 Å². The molecule has 1 N–H and O–H groups in total. The van der Waals surface area contributed by atoms with Crippen molar-refractivity contribution in [1.82, 2.24) is 25.2 Å². The van der Waals surface area contributed by atoms with Gasteiger partial charge in [-0.3, -0.25) is 9.69 Å². The van der Waals surface area contributed by atoms with Crippen LogP contribution >= 0.6 is 0 Å². The Morgan fingerprint density at radius 3 is 2.65 bits per heavy atom. The van der Waals surface area contributed by atoms with E-state index in [9.17, 15) is 14.0 Å². The van der Waals surface area contributed by atoms with E-state index in [0.717, 1.165) is 18.4 Å². The number of benzene rings is 1. The molecule has 1 aliphatic carbocycles. The van der Waals surface area contributed by atoms with Gasteiger partial charge in [0.1, 0.15) is 5.82 Å². The molecule has 2 heterocycles. The number of likely N-dealkylation sites (tertiary alicyclic amines) is 1. The van der Waals surface area contributed by atoms with Gasteiger partial charge in [-0.2, -0.15) is 0 Å². The Balaban J connectivity index is 1.41. The molecule has 1 amide bonds. The Morgan fingerprint density at radius 2 is 1.94 bits per heavy atom. The molecule has 0 spiro atoms. The van der Waals surface area contributed by atoms with Gasteiger partial charge in [0.05, 0.1) is 25.4 Å². The van der Waals surface area contributed by atoms with Crippen LogP contribution in [-0.2, 0) is 16.0 Å². The van der Waals surface area contributed by atoms with Gasteiger partial charge in [0.25, 0.3) is 0 Å². The molecule has 1 aliphatic heterocycles. The maximum atomic E-state index is 13.1. The third-order valence-electron chi connectivity index (χ3n) is 6.32. The van der Waals surface area contributed by atoms with Crippen molar-refractivity contribution in [2.24, 2.45) is 0 Å². The second-order valence-electron chi connectivity index (χ2n) is 8.28. The number of carbonyl (C=O) groups excluding carboxylic acids is 2. The van der Waals surface area contributed by atoms with Crippen LogP contribution in [0.2, 0.25) is 0 Å². The normalized spacial score (nSPS) is 22.0. The minimum atomic E-state index is -0.521. The molecule has 166 valence electrons. The monoisotopic (exact) mass is 429 g/mol. The first-order valence-corrected chi connectivity index (χ1v) is 10.8. The molecule has 8 nitrogen and oxygen atoms in total. The highest BCUT2D eigenvalue weighted by molar-refractivity contribution is 5.86. The van der Waals surface area contributed by atoms with Gasteiger partial charge in [-0.05, 0) is 43.4 Å². The lowest BCUT2D eigenvalue weighted by Gasteiger charge is -2.29. The molecule has 0 bridgehead atoms. The minimum absolute atomic E-state index is 0.00446. The highest BCUT2D eigenvalue weighted by atomic mass is 19.1. The van der Waals surface area contributed by atoms with E-state index in [1.54, 1.807) is 23.0 Å². The first-order chi connectivity index (χ1) is 15.0. The fourth-order valence-corrected chi connectivity index (χ4v) is 4.68. The van der Waals surface area contributed by atoms with E-state index < -0.39 is 5.97 Å². The topological polar surface area (TPSA) is 89.4 Å². The standard InChI is InChI=1S/C22H28FN5O3/c1-31-22(30)19-14-28(26-25-19)18-12-20(27(13-18)17-4-2-3-5-17)21(29)24-11-10-15-6-8-16(23)9-7-15/h6-9,14,17-18,20H,2-5,10-13H2,1H3,(H,24,29)/t18-,20+/m1/s1. The van der Waals surface area contributed by atoms with Crippen LogP contribution in [0.4, 0.5) is 4.39 Å². The lowest BCUT2D eigenvalue weighted by Crippen LogP contribution is -2.47. The number of aromatic nitrogens is 3. The smallest absolute Gasteiger partial charge is 0.360 e. The van der Waals surface area contributed by atoms with Crippen molar-refractivity contribution < 1.29 is 18.7 Å². The summed E-state index contributed by atoms with van der Waals surface area (Å²) in [5.41, 5.74) is 1.15. The molecule has 2 aromatic rings. The number of rotatable bonds is 7. The summed E-state index contributed by atoms with van der Waals surface area (Å²) >= 11 is 0. The molecule has 1 saturated carbocycles. The Labute approximate surface area is 180 Å². The third kappa shape index (κ3) is 4.92. The Kier molecular flexibility index (Phi) is 6.60. The summed E-state index contributed by atoms with van der Waals surface area (Å²) < 4.78 is 19.5. The van der Waals surface area contributed by atoms with E-state index in [4.69, 9.17) is 4.74 Å². The average molecular weight is 429 g/mol. The van der Waals surface area contributed by atoms with Crippen LogP contribution in [-0.4, -0.2) is 64.1 Å². The summed E-state index contributed by atoms with van der Waals surface area (Å²) in [7, 11) is 1.31. The number of ether oxygens (including phenoxy) is 1. The number of hydrogen-bond acceptors (Lipinski definition) is 6. The zero-order valence-corrected chi connectivity index (χ0v) is 17.7. The van der Waals surface area contributed by atoms with Crippen molar-refractivity contribution in [3.05, 3.63) is 47.5 Å². The number of methoxy groups -OCH3 is 1. The van der Waals surface area contributed by atoms with Crippen molar-refractivity contribution in [1.29, 1.82) is 0 Å². The third-order valence-corrected chi connectivity index (χ3v) is 6.32. The van der Waals surface area contributed by atoms with Crippen LogP contribution in [0.15, 0.2) is 30.5 Å². The number of amides is 1. The van der Waals surface area contributed by atoms with E-state index >= 15 is 0 Å². The summed E-state index contributed by atoms with van der Waals surface area (Å²) in [5, 5.41) is 11.1. The molecule has 2 fully saturated rings. The molecule has 4 rings (SSSR count). The van der Waals surface area contributed by atoms with Gasteiger partial charge in [0.15, 0.2) is 5.69 Å². The van der Waals surface area contributed by atoms with Gasteiger partial charge in [-0.15, -0.1) is 5.10 Å². The zero-order chi connectivity index (χ0) is 21.8. The van der Waals surface area contributed by atoms with Crippen molar-refractivity contribution >= 4 is 11.9 Å². The number of esters is 1. The summed E-state index contributed by atoms with van der Waals surface area (Å²) in [4.78, 5) is 27.1. The van der Waals surface area contributed by atoms with Crippen molar-refractivity contribution in [3.63, 3.8) is 0 Å². The van der Waals surface area contributed by atoms with Gasteiger partial charge in [0, 0.05) is 19.1 Å². The molecule has 2 aliphatic rings. The molecule has 1 saturated heterocycles. The lowest BCUT2D eigenvalue weighted by atomic mass is 10.1. The van der Waals surface area contributed by atoms with Crippen LogP contribution in [0.1, 0.15) is 54.2 Å². The first-order valence-electron chi connectivity index (χ1n) is 10.8. The maximum Gasteiger partial charge on any atom is 0.360 e. The molecular formula is C22H28FN5O3. The van der Waals surface area contributed by atoms with Crippen LogP contribution < -0.4 is 5.32 Å². The summed E-state index contributed by atoms with van der Waals surface area (Å²) in [6.45, 7) is 1.20. The van der Waals surface area contributed by atoms with Gasteiger partial charge < -0.3 is 10.1 Å². The van der Waals surface area contributed by atoms with E-state index in [1.165, 1.54) is 32.1 Å². The minimum Gasteiger partial charge on any atom is -0.464 e. The van der Waals surface area contributed by atoms with Gasteiger partial charge in [-0.1, -0.05) is 30.2 Å². The first kappa shape index (κ1) is 21.4. The van der Waals surface area contributed by atoms with Crippen molar-refractivity contribution in [2.45, 2.75) is 56.7 Å². The van der Waals surface area contributed by atoms with Gasteiger partial charge in [0.2, 0.25) is 5.91 Å². The van der Waals surface area contributed by atoms with Crippen LogP contribution in [0.5, 0.6) is 0 Å². The molecular weight excluding hydrogens is 401 g/mol. The zero-order valence-electron chi connectivity index (χ0n) is 17.7. The van der Waals surface area contributed by atoms with E-state index in [1.807, 2.05) is 0 Å². The van der Waals surface area contributed by atoms with Crippen LogP contribution in [0.25, 0.3) is 0 Å². The van der Waals surface area contributed by atoms with Crippen molar-refractivity contribution in [3.8, 4) is 0 Å². The Morgan fingerprint density at radius 1 is 1.19 bits per heavy atom. The highest BCUT2D eigenvalue weighted by Gasteiger charge is 2.42. The summed E-state index contributed by atoms with van der Waals surface area (Å²) in [6.07, 6.45) is 7.41. The highest BCUT2D eigenvalue weighted by Crippen LogP contribution is 2.34. The van der Waals surface area contributed by atoms with E-state index in [-0.39, 0.29) is 29.5 Å². The SMILES string of the molecule is COC(=O)c1cn([C@@H]2C[C@@H](C(=O)NCCc3ccc(F)cc3)N(C3CCCC3)C2)nn1. The second kappa shape index (κ2) is 9.55. The summed E-state index contributed by atoms with van der Waals surface area (Å²) in [6, 6.07) is 6.46. The summed E-state index contributed by atoms with van der Waals surface area (Å²) in [5.74, 6) is -0.780. The predicted molar refractivity (Wildman–Crippen MR) is 111 cm³/mol. The Hall–Kier alpha value is -2.81. The predicted octanol–water partition coefficient (Wildman–Crippen LogP) is 2.12. The maximum absolute atomic E-state index is 13.1. The quantitative estimate of drug-likeness (QED) is 0.679. The average Bonchev–Trinajstić information content (AvgIpc) is 3.54. The lowest BCUT2D eigenvalue weighted by molar-refractivity contribution is -0.126. The molecule has 0 radical (unpaired) electrons. The molecule has 0 unspecified atom stereocenters. The number of carbonyl (C=O) groups is 2.